The summed E-state index contributed by atoms with van der Waals surface area (Å²) in [6.07, 6.45) is 0.667. The Morgan fingerprint density at radius 1 is 1.19 bits per heavy atom. The van der Waals surface area contributed by atoms with E-state index in [1.807, 2.05) is 6.07 Å². The number of hydrogen-bond acceptors (Lipinski definition) is 8. The van der Waals surface area contributed by atoms with Crippen LogP contribution in [0.4, 0.5) is 0 Å². The molecule has 1 unspecified atom stereocenters. The molecule has 1 aliphatic carbocycles. The van der Waals surface area contributed by atoms with Gasteiger partial charge in [0, 0.05) is 42.6 Å². The fraction of sp³-hybridized carbons (Fsp3) is 0.478. The summed E-state index contributed by atoms with van der Waals surface area (Å²) in [6.45, 7) is 4.82. The van der Waals surface area contributed by atoms with E-state index in [2.05, 4.69) is 10.3 Å². The zero-order chi connectivity index (χ0) is 22.1. The van der Waals surface area contributed by atoms with Crippen molar-refractivity contribution in [2.45, 2.75) is 45.0 Å². The number of Topliss-reactive ketones (excluding diaryl/α,β-unsaturated/α-hetero) is 2. The molecule has 3 heterocycles. The molecular weight excluding hydrogens is 430 g/mol. The topological polar surface area (TPSA) is 89.0 Å². The SMILES string of the molecule is O=C1CCC(N2Cc3c(OCc4nc(CN5CCOCC5)cs4)cccc3C2=O)C(=O)C1. The van der Waals surface area contributed by atoms with E-state index in [1.54, 1.807) is 28.4 Å². The third-order valence-electron chi connectivity index (χ3n) is 6.21. The van der Waals surface area contributed by atoms with Gasteiger partial charge in [0.05, 0.1) is 37.9 Å². The first-order valence-electron chi connectivity index (χ1n) is 10.9. The third-order valence-corrected chi connectivity index (χ3v) is 7.08. The fourth-order valence-corrected chi connectivity index (χ4v) is 5.21. The van der Waals surface area contributed by atoms with E-state index in [0.29, 0.717) is 37.3 Å². The summed E-state index contributed by atoms with van der Waals surface area (Å²) in [5.41, 5.74) is 2.40. The zero-order valence-corrected chi connectivity index (χ0v) is 18.6. The van der Waals surface area contributed by atoms with Crippen molar-refractivity contribution in [2.75, 3.05) is 26.3 Å². The Morgan fingerprint density at radius 2 is 2.03 bits per heavy atom. The summed E-state index contributed by atoms with van der Waals surface area (Å²) >= 11 is 1.57. The van der Waals surface area contributed by atoms with Crippen molar-refractivity contribution in [1.29, 1.82) is 0 Å². The van der Waals surface area contributed by atoms with Gasteiger partial charge >= 0.3 is 0 Å². The molecule has 1 saturated carbocycles. The van der Waals surface area contributed by atoms with E-state index >= 15 is 0 Å². The number of morpholine rings is 1. The van der Waals surface area contributed by atoms with Gasteiger partial charge in [0.2, 0.25) is 0 Å². The van der Waals surface area contributed by atoms with Crippen LogP contribution < -0.4 is 4.74 Å². The average Bonchev–Trinajstić information content (AvgIpc) is 3.38. The summed E-state index contributed by atoms with van der Waals surface area (Å²) in [7, 11) is 0. The minimum Gasteiger partial charge on any atom is -0.486 e. The summed E-state index contributed by atoms with van der Waals surface area (Å²) in [5, 5.41) is 2.94. The van der Waals surface area contributed by atoms with Crippen LogP contribution in [0.2, 0.25) is 0 Å². The highest BCUT2D eigenvalue weighted by Gasteiger charge is 2.40. The van der Waals surface area contributed by atoms with E-state index in [1.165, 1.54) is 0 Å². The third kappa shape index (κ3) is 4.32. The first-order chi connectivity index (χ1) is 15.6. The van der Waals surface area contributed by atoms with E-state index in [0.717, 1.165) is 49.1 Å². The van der Waals surface area contributed by atoms with Crippen LogP contribution in [0.3, 0.4) is 0 Å². The number of aromatic nitrogens is 1. The van der Waals surface area contributed by atoms with Gasteiger partial charge in [0.15, 0.2) is 5.78 Å². The minimum atomic E-state index is -0.526. The summed E-state index contributed by atoms with van der Waals surface area (Å²) in [5.74, 6) is 0.263. The first-order valence-corrected chi connectivity index (χ1v) is 11.8. The average molecular weight is 456 g/mol. The zero-order valence-electron chi connectivity index (χ0n) is 17.7. The van der Waals surface area contributed by atoms with Crippen molar-refractivity contribution in [3.8, 4) is 5.75 Å². The molecule has 8 nitrogen and oxygen atoms in total. The quantitative estimate of drug-likeness (QED) is 0.617. The molecule has 0 radical (unpaired) electrons. The van der Waals surface area contributed by atoms with Crippen LogP contribution in [0.15, 0.2) is 23.6 Å². The van der Waals surface area contributed by atoms with Gasteiger partial charge in [-0.15, -0.1) is 11.3 Å². The Balaban J connectivity index is 1.24. The van der Waals surface area contributed by atoms with Crippen LogP contribution in [0.1, 0.15) is 45.9 Å². The lowest BCUT2D eigenvalue weighted by Crippen LogP contribution is -2.44. The molecule has 3 aliphatic rings. The van der Waals surface area contributed by atoms with Gasteiger partial charge < -0.3 is 14.4 Å². The second-order valence-corrected chi connectivity index (χ2v) is 9.30. The molecule has 1 aromatic heterocycles. The molecule has 5 rings (SSSR count). The van der Waals surface area contributed by atoms with Crippen LogP contribution in [0, 0.1) is 0 Å². The number of thiazole rings is 1. The van der Waals surface area contributed by atoms with E-state index in [9.17, 15) is 14.4 Å². The fourth-order valence-electron chi connectivity index (χ4n) is 4.52. The number of carbonyl (C=O) groups excluding carboxylic acids is 3. The van der Waals surface area contributed by atoms with Gasteiger partial charge in [-0.1, -0.05) is 6.07 Å². The molecule has 1 amide bonds. The van der Waals surface area contributed by atoms with Crippen molar-refractivity contribution in [3.05, 3.63) is 45.4 Å². The molecule has 2 fully saturated rings. The van der Waals surface area contributed by atoms with Crippen molar-refractivity contribution in [3.63, 3.8) is 0 Å². The van der Waals surface area contributed by atoms with E-state index in [4.69, 9.17) is 14.5 Å². The highest BCUT2D eigenvalue weighted by Crippen LogP contribution is 2.34. The summed E-state index contributed by atoms with van der Waals surface area (Å²) in [6, 6.07) is 4.90. The van der Waals surface area contributed by atoms with Crippen molar-refractivity contribution in [2.24, 2.45) is 0 Å². The molecule has 1 atom stereocenters. The number of ether oxygens (including phenoxy) is 2. The highest BCUT2D eigenvalue weighted by atomic mass is 32.1. The summed E-state index contributed by atoms with van der Waals surface area (Å²) in [4.78, 5) is 45.5. The van der Waals surface area contributed by atoms with Gasteiger partial charge in [-0.2, -0.15) is 0 Å². The van der Waals surface area contributed by atoms with Crippen LogP contribution in [-0.4, -0.2) is 64.6 Å². The minimum absolute atomic E-state index is 0.0455. The molecule has 2 aliphatic heterocycles. The van der Waals surface area contributed by atoms with Crippen LogP contribution in [0.5, 0.6) is 5.75 Å². The molecule has 1 aromatic carbocycles. The Bertz CT molecular complexity index is 1050. The van der Waals surface area contributed by atoms with E-state index < -0.39 is 6.04 Å². The van der Waals surface area contributed by atoms with Crippen molar-refractivity contribution < 1.29 is 23.9 Å². The second kappa shape index (κ2) is 9.09. The lowest BCUT2D eigenvalue weighted by Gasteiger charge is -2.29. The number of hydrogen-bond donors (Lipinski definition) is 0. The number of nitrogens with zero attached hydrogens (tertiary/aromatic N) is 3. The van der Waals surface area contributed by atoms with Gasteiger partial charge in [-0.25, -0.2) is 4.98 Å². The van der Waals surface area contributed by atoms with Crippen molar-refractivity contribution in [1.82, 2.24) is 14.8 Å². The molecule has 168 valence electrons. The largest absolute Gasteiger partial charge is 0.486 e. The molecule has 2 aromatic rings. The van der Waals surface area contributed by atoms with E-state index in [-0.39, 0.29) is 23.9 Å². The number of rotatable bonds is 6. The van der Waals surface area contributed by atoms with Gasteiger partial charge in [0.25, 0.3) is 5.91 Å². The molecule has 0 bridgehead atoms. The lowest BCUT2D eigenvalue weighted by atomic mass is 9.92. The second-order valence-electron chi connectivity index (χ2n) is 8.36. The maximum Gasteiger partial charge on any atom is 0.255 e. The van der Waals surface area contributed by atoms with Crippen molar-refractivity contribution >= 4 is 28.8 Å². The predicted molar refractivity (Wildman–Crippen MR) is 117 cm³/mol. The molecule has 1 saturated heterocycles. The van der Waals surface area contributed by atoms with Crippen LogP contribution >= 0.6 is 11.3 Å². The number of fused-ring (bicyclic) bond motifs is 1. The number of amides is 1. The van der Waals surface area contributed by atoms with Gasteiger partial charge in [0.1, 0.15) is 23.1 Å². The summed E-state index contributed by atoms with van der Waals surface area (Å²) < 4.78 is 11.5. The molecule has 0 N–H and O–H groups in total. The molecular formula is C23H25N3O5S. The number of ketones is 2. The Kier molecular flexibility index (Phi) is 6.03. The molecule has 9 heteroatoms. The van der Waals surface area contributed by atoms with Gasteiger partial charge in [-0.05, 0) is 18.6 Å². The van der Waals surface area contributed by atoms with Gasteiger partial charge in [-0.3, -0.25) is 19.3 Å². The number of carbonyl (C=O) groups is 3. The highest BCUT2D eigenvalue weighted by molar-refractivity contribution is 7.09. The maximum atomic E-state index is 13.0. The Morgan fingerprint density at radius 3 is 2.84 bits per heavy atom. The van der Waals surface area contributed by atoms with Crippen LogP contribution in [0.25, 0.3) is 0 Å². The monoisotopic (exact) mass is 455 g/mol. The molecule has 32 heavy (non-hydrogen) atoms. The normalized spacial score (nSPS) is 21.8. The van der Waals surface area contributed by atoms with Crippen LogP contribution in [-0.2, 0) is 34.0 Å². The lowest BCUT2D eigenvalue weighted by molar-refractivity contribution is -0.133. The Labute approximate surface area is 190 Å². The maximum absolute atomic E-state index is 13.0. The molecule has 0 spiro atoms. The number of benzene rings is 1. The Hall–Kier alpha value is -2.62. The first kappa shape index (κ1) is 21.2. The smallest absolute Gasteiger partial charge is 0.255 e. The predicted octanol–water partition coefficient (Wildman–Crippen LogP) is 2.20. The standard InChI is InChI=1S/C23H25N3O5S/c27-16-4-5-19(20(28)10-16)26-12-18-17(23(26)29)2-1-3-21(18)31-13-22-24-15(14-32-22)11-25-6-8-30-9-7-25/h1-3,14,19H,4-13H2.